The molecule has 1 heterocycles. The van der Waals surface area contributed by atoms with Gasteiger partial charge < -0.3 is 14.0 Å². The maximum Gasteiger partial charge on any atom is 0.713 e. The molecule has 25 heavy (non-hydrogen) atoms. The van der Waals surface area contributed by atoms with Crippen LogP contribution in [-0.2, 0) is 14.0 Å². The van der Waals surface area contributed by atoms with Crippen molar-refractivity contribution in [3.63, 3.8) is 0 Å². The first-order valence-corrected chi connectivity index (χ1v) is 12.7. The van der Waals surface area contributed by atoms with E-state index >= 15 is 0 Å². The molecule has 0 amide bonds. The molecule has 0 aliphatic carbocycles. The molecule has 0 N–H and O–H groups in total. The number of allylic oxidation sites excluding steroid dienone is 2. The second-order valence-electron chi connectivity index (χ2n) is 6.90. The third-order valence-electron chi connectivity index (χ3n) is 5.57. The second kappa shape index (κ2) is 10.2. The van der Waals surface area contributed by atoms with Gasteiger partial charge >= 0.3 is 7.32 Å². The molecule has 138 valence electrons. The highest BCUT2D eigenvalue weighted by Crippen LogP contribution is 2.37. The fraction of sp³-hybridized carbons (Fsp3) is 0.600. The molecule has 0 aromatic heterocycles. The van der Waals surface area contributed by atoms with Crippen molar-refractivity contribution in [3.05, 3.63) is 41.7 Å². The van der Waals surface area contributed by atoms with E-state index in [1.807, 2.05) is 0 Å². The minimum absolute atomic E-state index is 0.541. The largest absolute Gasteiger partial charge is 0.713 e. The maximum atomic E-state index is 6.21. The van der Waals surface area contributed by atoms with Crippen LogP contribution in [0.3, 0.4) is 0 Å². The Hall–Kier alpha value is -1.04. The van der Waals surface area contributed by atoms with Crippen LogP contribution in [0.15, 0.2) is 36.1 Å². The molecule has 1 aromatic rings. The van der Waals surface area contributed by atoms with Crippen molar-refractivity contribution in [2.24, 2.45) is 0 Å². The average molecular weight is 360 g/mol. The Balaban J connectivity index is 2.41. The fourth-order valence-electron chi connectivity index (χ4n) is 3.53. The SMILES string of the molecule is CCCC(OB1OCCO1)=C(C[Si](CC)(CC)CC)c1ccccc1. The van der Waals surface area contributed by atoms with Crippen molar-refractivity contribution >= 4 is 21.0 Å². The van der Waals surface area contributed by atoms with E-state index in [0.29, 0.717) is 13.2 Å². The van der Waals surface area contributed by atoms with Gasteiger partial charge in [-0.25, -0.2) is 0 Å². The molecule has 1 fully saturated rings. The summed E-state index contributed by atoms with van der Waals surface area (Å²) in [7, 11) is -1.87. The number of benzene rings is 1. The lowest BCUT2D eigenvalue weighted by molar-refractivity contribution is 0.221. The molecule has 1 aliphatic rings. The lowest BCUT2D eigenvalue weighted by Crippen LogP contribution is -2.32. The zero-order chi connectivity index (χ0) is 18.1. The Bertz CT molecular complexity index is 529. The van der Waals surface area contributed by atoms with Crippen LogP contribution < -0.4 is 0 Å². The van der Waals surface area contributed by atoms with E-state index in [9.17, 15) is 0 Å². The zero-order valence-corrected chi connectivity index (χ0v) is 17.3. The van der Waals surface area contributed by atoms with Gasteiger partial charge in [-0.2, -0.15) is 0 Å². The van der Waals surface area contributed by atoms with Gasteiger partial charge in [-0.1, -0.05) is 76.2 Å². The summed E-state index contributed by atoms with van der Waals surface area (Å²) in [6.45, 7) is 10.5. The highest BCUT2D eigenvalue weighted by atomic mass is 28.3. The molecule has 0 bridgehead atoms. The Morgan fingerprint density at radius 3 is 2.12 bits per heavy atom. The molecular formula is C20H33BO3Si. The van der Waals surface area contributed by atoms with Crippen LogP contribution in [0.5, 0.6) is 0 Å². The molecule has 0 atom stereocenters. The van der Waals surface area contributed by atoms with Crippen LogP contribution in [0.25, 0.3) is 5.57 Å². The minimum Gasteiger partial charge on any atom is -0.515 e. The van der Waals surface area contributed by atoms with Gasteiger partial charge in [0.2, 0.25) is 0 Å². The quantitative estimate of drug-likeness (QED) is 0.392. The molecule has 0 radical (unpaired) electrons. The van der Waals surface area contributed by atoms with E-state index in [4.69, 9.17) is 14.0 Å². The summed E-state index contributed by atoms with van der Waals surface area (Å²) >= 11 is 0. The second-order valence-corrected chi connectivity index (χ2v) is 12.4. The Kier molecular flexibility index (Phi) is 8.27. The first-order chi connectivity index (χ1) is 12.2. The highest BCUT2D eigenvalue weighted by molar-refractivity contribution is 6.81. The molecule has 3 nitrogen and oxygen atoms in total. The standard InChI is InChI=1S/C20H33BO3Si/c1-5-12-20(24-21-22-15-16-23-21)19(18-13-10-9-11-14-18)17-25(6-2,7-3)8-4/h9-11,13-14H,5-8,12,15-17H2,1-4H3. The van der Waals surface area contributed by atoms with Crippen LogP contribution in [-0.4, -0.2) is 28.6 Å². The van der Waals surface area contributed by atoms with Crippen LogP contribution in [0.2, 0.25) is 24.2 Å². The molecular weight excluding hydrogens is 327 g/mol. The summed E-state index contributed by atoms with van der Waals surface area (Å²) in [4.78, 5) is 0. The molecule has 0 unspecified atom stereocenters. The third kappa shape index (κ3) is 5.47. The summed E-state index contributed by atoms with van der Waals surface area (Å²) in [6.07, 6.45) is 1.98. The average Bonchev–Trinajstić information content (AvgIpc) is 3.17. The van der Waals surface area contributed by atoms with Crippen molar-refractivity contribution in [3.8, 4) is 0 Å². The maximum absolute atomic E-state index is 6.21. The van der Waals surface area contributed by atoms with Crippen LogP contribution >= 0.6 is 0 Å². The number of rotatable bonds is 10. The monoisotopic (exact) mass is 360 g/mol. The van der Waals surface area contributed by atoms with Gasteiger partial charge in [-0.15, -0.1) is 0 Å². The van der Waals surface area contributed by atoms with E-state index in [2.05, 4.69) is 58.0 Å². The Morgan fingerprint density at radius 1 is 1.00 bits per heavy atom. The minimum atomic E-state index is -1.33. The van der Waals surface area contributed by atoms with E-state index < -0.39 is 15.4 Å². The fourth-order valence-corrected chi connectivity index (χ4v) is 6.93. The van der Waals surface area contributed by atoms with Crippen molar-refractivity contribution in [2.45, 2.75) is 64.7 Å². The summed E-state index contributed by atoms with van der Waals surface area (Å²) in [5.74, 6) is 1.06. The van der Waals surface area contributed by atoms with E-state index in [0.717, 1.165) is 18.6 Å². The van der Waals surface area contributed by atoms with Gasteiger partial charge in [0.05, 0.1) is 27.0 Å². The van der Waals surface area contributed by atoms with Gasteiger partial charge in [-0.05, 0) is 23.6 Å². The molecule has 1 aromatic carbocycles. The predicted octanol–water partition coefficient (Wildman–Crippen LogP) is 5.75. The summed E-state index contributed by atoms with van der Waals surface area (Å²) in [5, 5.41) is 0. The number of hydrogen-bond donors (Lipinski definition) is 0. The first kappa shape index (κ1) is 20.3. The topological polar surface area (TPSA) is 27.7 Å². The Morgan fingerprint density at radius 2 is 1.60 bits per heavy atom. The van der Waals surface area contributed by atoms with Crippen LogP contribution in [0, 0.1) is 0 Å². The van der Waals surface area contributed by atoms with Gasteiger partial charge in [-0.3, -0.25) is 0 Å². The first-order valence-electron chi connectivity index (χ1n) is 9.85. The lowest BCUT2D eigenvalue weighted by atomic mass is 10.0. The highest BCUT2D eigenvalue weighted by Gasteiger charge is 2.33. The van der Waals surface area contributed by atoms with Crippen molar-refractivity contribution in [2.75, 3.05) is 13.2 Å². The van der Waals surface area contributed by atoms with Crippen molar-refractivity contribution in [1.29, 1.82) is 0 Å². The molecule has 1 saturated heterocycles. The van der Waals surface area contributed by atoms with Gasteiger partial charge in [0.1, 0.15) is 0 Å². The summed E-state index contributed by atoms with van der Waals surface area (Å²) < 4.78 is 17.3. The summed E-state index contributed by atoms with van der Waals surface area (Å²) in [5.41, 5.74) is 2.66. The number of hydrogen-bond acceptors (Lipinski definition) is 3. The lowest BCUT2D eigenvalue weighted by Gasteiger charge is -2.31. The molecule has 5 heteroatoms. The molecule has 0 spiro atoms. The molecule has 1 aliphatic heterocycles. The molecule has 0 saturated carbocycles. The normalized spacial score (nSPS) is 16.1. The van der Waals surface area contributed by atoms with Gasteiger partial charge in [0.15, 0.2) is 0 Å². The van der Waals surface area contributed by atoms with Gasteiger partial charge in [0, 0.05) is 6.42 Å². The van der Waals surface area contributed by atoms with E-state index in [1.165, 1.54) is 35.3 Å². The predicted molar refractivity (Wildman–Crippen MR) is 109 cm³/mol. The van der Waals surface area contributed by atoms with Crippen molar-refractivity contribution in [1.82, 2.24) is 0 Å². The van der Waals surface area contributed by atoms with Crippen LogP contribution in [0.4, 0.5) is 0 Å². The van der Waals surface area contributed by atoms with Crippen LogP contribution in [0.1, 0.15) is 46.1 Å². The van der Waals surface area contributed by atoms with Gasteiger partial charge in [0.25, 0.3) is 0 Å². The smallest absolute Gasteiger partial charge is 0.515 e. The summed E-state index contributed by atoms with van der Waals surface area (Å²) in [6, 6.07) is 15.8. The van der Waals surface area contributed by atoms with E-state index in [-0.39, 0.29) is 0 Å². The third-order valence-corrected chi connectivity index (χ3v) is 11.2. The Labute approximate surface area is 154 Å². The zero-order valence-electron chi connectivity index (χ0n) is 16.3. The van der Waals surface area contributed by atoms with Crippen molar-refractivity contribution < 1.29 is 14.0 Å². The molecule has 2 rings (SSSR count). The van der Waals surface area contributed by atoms with E-state index in [1.54, 1.807) is 0 Å².